The first-order valence-corrected chi connectivity index (χ1v) is 11.5. The molecule has 6 nitrogen and oxygen atoms in total. The molecule has 1 unspecified atom stereocenters. The minimum Gasteiger partial charge on any atom is -0.378 e. The Hall–Kier alpha value is -2.96. The number of nitrogens with zero attached hydrogens (tertiary/aromatic N) is 3. The van der Waals surface area contributed by atoms with E-state index >= 15 is 0 Å². The Balaban J connectivity index is 1.36. The van der Waals surface area contributed by atoms with E-state index in [1.54, 1.807) is 0 Å². The molecule has 1 aliphatic carbocycles. The van der Waals surface area contributed by atoms with Gasteiger partial charge in [-0.25, -0.2) is 0 Å². The summed E-state index contributed by atoms with van der Waals surface area (Å²) in [5.74, 6) is 0.0297. The molecular weight excluding hydrogens is 400 g/mol. The molecule has 6 heteroatoms. The number of ether oxygens (including phenoxy) is 1. The summed E-state index contributed by atoms with van der Waals surface area (Å²) in [5.41, 5.74) is 4.20. The number of benzene rings is 2. The Labute approximate surface area is 188 Å². The van der Waals surface area contributed by atoms with Crippen molar-refractivity contribution in [2.45, 2.75) is 38.4 Å². The second-order valence-electron chi connectivity index (χ2n) is 8.61. The standard InChI is InChI=1S/C26H30N4O2/c1-2-12-30-24-11-10-21(27-18-20-8-5-7-19-6-3-4-9-22(19)20)17-23(24)25(28-30)26(31)29-13-15-32-16-14-29/h2-9,21,27H,1,10-18H2. The van der Waals surface area contributed by atoms with E-state index in [-0.39, 0.29) is 5.91 Å². The molecule has 2 aromatic carbocycles. The molecule has 0 radical (unpaired) electrons. The van der Waals surface area contributed by atoms with Gasteiger partial charge in [0.15, 0.2) is 5.69 Å². The average molecular weight is 431 g/mol. The molecule has 0 bridgehead atoms. The van der Waals surface area contributed by atoms with Crippen molar-refractivity contribution in [3.63, 3.8) is 0 Å². The van der Waals surface area contributed by atoms with Crippen molar-refractivity contribution < 1.29 is 9.53 Å². The van der Waals surface area contributed by atoms with Crippen LogP contribution in [0, 0.1) is 0 Å². The largest absolute Gasteiger partial charge is 0.378 e. The number of nitrogens with one attached hydrogen (secondary N) is 1. The lowest BCUT2D eigenvalue weighted by atomic mass is 9.90. The zero-order valence-electron chi connectivity index (χ0n) is 18.4. The zero-order valence-corrected chi connectivity index (χ0v) is 18.4. The van der Waals surface area contributed by atoms with Crippen LogP contribution in [0.5, 0.6) is 0 Å². The monoisotopic (exact) mass is 430 g/mol. The van der Waals surface area contributed by atoms with Crippen molar-refractivity contribution in [3.05, 3.63) is 77.6 Å². The van der Waals surface area contributed by atoms with Gasteiger partial charge in [-0.15, -0.1) is 6.58 Å². The fourth-order valence-electron chi connectivity index (χ4n) is 4.92. The van der Waals surface area contributed by atoms with Crippen LogP contribution in [0.15, 0.2) is 55.1 Å². The summed E-state index contributed by atoms with van der Waals surface area (Å²) in [6.07, 6.45) is 4.62. The van der Waals surface area contributed by atoms with Gasteiger partial charge in [-0.3, -0.25) is 9.48 Å². The third-order valence-corrected chi connectivity index (χ3v) is 6.61. The van der Waals surface area contributed by atoms with E-state index < -0.39 is 0 Å². The van der Waals surface area contributed by atoms with Crippen LogP contribution in [0.1, 0.15) is 33.7 Å². The van der Waals surface area contributed by atoms with Gasteiger partial charge in [0.1, 0.15) is 0 Å². The van der Waals surface area contributed by atoms with E-state index in [0.717, 1.165) is 31.4 Å². The third-order valence-electron chi connectivity index (χ3n) is 6.61. The Kier molecular flexibility index (Phi) is 6.06. The number of morpholine rings is 1. The molecule has 3 aromatic rings. The van der Waals surface area contributed by atoms with Gasteiger partial charge < -0.3 is 15.0 Å². The molecule has 1 fully saturated rings. The zero-order chi connectivity index (χ0) is 21.9. The summed E-state index contributed by atoms with van der Waals surface area (Å²) in [5, 5.41) is 11.0. The lowest BCUT2D eigenvalue weighted by Gasteiger charge is -2.28. The molecule has 2 heterocycles. The number of rotatable bonds is 6. The minimum atomic E-state index is 0.0297. The van der Waals surface area contributed by atoms with Crippen LogP contribution >= 0.6 is 0 Å². The highest BCUT2D eigenvalue weighted by atomic mass is 16.5. The second-order valence-corrected chi connectivity index (χ2v) is 8.61. The summed E-state index contributed by atoms with van der Waals surface area (Å²) in [4.78, 5) is 15.1. The Morgan fingerprint density at radius 3 is 2.84 bits per heavy atom. The smallest absolute Gasteiger partial charge is 0.274 e. The van der Waals surface area contributed by atoms with Gasteiger partial charge in [-0.05, 0) is 35.6 Å². The SMILES string of the molecule is C=CCn1nc(C(=O)N2CCOCC2)c2c1CCC(NCc1cccc3ccccc13)C2. The summed E-state index contributed by atoms with van der Waals surface area (Å²) < 4.78 is 7.39. The highest BCUT2D eigenvalue weighted by Gasteiger charge is 2.31. The normalized spacial score (nSPS) is 18.5. The first-order chi connectivity index (χ1) is 15.7. The van der Waals surface area contributed by atoms with Gasteiger partial charge in [-0.2, -0.15) is 5.10 Å². The molecule has 1 N–H and O–H groups in total. The van der Waals surface area contributed by atoms with E-state index in [4.69, 9.17) is 9.84 Å². The number of hydrogen-bond donors (Lipinski definition) is 1. The van der Waals surface area contributed by atoms with Crippen molar-refractivity contribution in [2.75, 3.05) is 26.3 Å². The van der Waals surface area contributed by atoms with Gasteiger partial charge >= 0.3 is 0 Å². The Morgan fingerprint density at radius 1 is 1.19 bits per heavy atom. The van der Waals surface area contributed by atoms with E-state index in [1.807, 2.05) is 15.7 Å². The average Bonchev–Trinajstić information content (AvgIpc) is 3.20. The third kappa shape index (κ3) is 4.08. The maximum absolute atomic E-state index is 13.3. The number of fused-ring (bicyclic) bond motifs is 2. The molecular formula is C26H30N4O2. The molecule has 5 rings (SSSR count). The quantitative estimate of drug-likeness (QED) is 0.610. The van der Waals surface area contributed by atoms with E-state index in [2.05, 4.69) is 54.4 Å². The van der Waals surface area contributed by atoms with Crippen molar-refractivity contribution in [1.82, 2.24) is 20.0 Å². The van der Waals surface area contributed by atoms with Crippen LogP contribution in [0.3, 0.4) is 0 Å². The summed E-state index contributed by atoms with van der Waals surface area (Å²) >= 11 is 0. The molecule has 1 saturated heterocycles. The molecule has 1 aromatic heterocycles. The molecule has 0 saturated carbocycles. The number of allylic oxidation sites excluding steroid dienone is 1. The van der Waals surface area contributed by atoms with Gasteiger partial charge in [0, 0.05) is 36.9 Å². The first-order valence-electron chi connectivity index (χ1n) is 11.5. The predicted octanol–water partition coefficient (Wildman–Crippen LogP) is 3.34. The van der Waals surface area contributed by atoms with Crippen LogP contribution in [0.2, 0.25) is 0 Å². The van der Waals surface area contributed by atoms with Crippen molar-refractivity contribution >= 4 is 16.7 Å². The highest BCUT2D eigenvalue weighted by Crippen LogP contribution is 2.27. The number of carbonyl (C=O) groups is 1. The lowest BCUT2D eigenvalue weighted by Crippen LogP contribution is -2.41. The maximum Gasteiger partial charge on any atom is 0.274 e. The Bertz CT molecular complexity index is 1120. The topological polar surface area (TPSA) is 59.4 Å². The van der Waals surface area contributed by atoms with Gasteiger partial charge in [0.2, 0.25) is 0 Å². The fraction of sp³-hybridized carbons (Fsp3) is 0.385. The van der Waals surface area contributed by atoms with Crippen molar-refractivity contribution in [1.29, 1.82) is 0 Å². The van der Waals surface area contributed by atoms with Crippen LogP contribution < -0.4 is 5.32 Å². The number of carbonyl (C=O) groups excluding carboxylic acids is 1. The summed E-state index contributed by atoms with van der Waals surface area (Å²) in [6, 6.07) is 15.3. The number of aromatic nitrogens is 2. The van der Waals surface area contributed by atoms with Crippen molar-refractivity contribution in [2.24, 2.45) is 0 Å². The number of amides is 1. The first kappa shape index (κ1) is 20.9. The van der Waals surface area contributed by atoms with Crippen LogP contribution in [0.4, 0.5) is 0 Å². The Morgan fingerprint density at radius 2 is 2.00 bits per heavy atom. The van der Waals surface area contributed by atoms with Crippen LogP contribution in [-0.4, -0.2) is 52.9 Å². The van der Waals surface area contributed by atoms with Gasteiger partial charge in [-0.1, -0.05) is 48.5 Å². The molecule has 1 aliphatic heterocycles. The summed E-state index contributed by atoms with van der Waals surface area (Å²) in [6.45, 7) is 7.76. The molecule has 32 heavy (non-hydrogen) atoms. The van der Waals surface area contributed by atoms with Crippen LogP contribution in [0.25, 0.3) is 10.8 Å². The van der Waals surface area contributed by atoms with Crippen molar-refractivity contribution in [3.8, 4) is 0 Å². The summed E-state index contributed by atoms with van der Waals surface area (Å²) in [7, 11) is 0. The minimum absolute atomic E-state index is 0.0297. The molecule has 1 atom stereocenters. The maximum atomic E-state index is 13.3. The molecule has 2 aliphatic rings. The van der Waals surface area contributed by atoms with E-state index in [0.29, 0.717) is 44.6 Å². The lowest BCUT2D eigenvalue weighted by molar-refractivity contribution is 0.0297. The van der Waals surface area contributed by atoms with Gasteiger partial charge in [0.05, 0.1) is 19.8 Å². The fourth-order valence-corrected chi connectivity index (χ4v) is 4.92. The number of hydrogen-bond acceptors (Lipinski definition) is 4. The molecule has 1 amide bonds. The van der Waals surface area contributed by atoms with Crippen LogP contribution in [-0.2, 0) is 30.7 Å². The van der Waals surface area contributed by atoms with Gasteiger partial charge in [0.25, 0.3) is 5.91 Å². The van der Waals surface area contributed by atoms with E-state index in [9.17, 15) is 4.79 Å². The molecule has 166 valence electrons. The second kappa shape index (κ2) is 9.27. The molecule has 0 spiro atoms. The highest BCUT2D eigenvalue weighted by molar-refractivity contribution is 5.94. The van der Waals surface area contributed by atoms with E-state index in [1.165, 1.54) is 22.0 Å². The predicted molar refractivity (Wildman–Crippen MR) is 126 cm³/mol.